The molecule has 11 rings (SSSR count). The molecule has 242 valence electrons. The topological polar surface area (TPSA) is 56.5 Å². The van der Waals surface area contributed by atoms with E-state index in [1.165, 1.54) is 27.8 Å². The van der Waals surface area contributed by atoms with E-state index in [1.807, 2.05) is 60.7 Å². The number of rotatable bonds is 4. The number of hydrogen-bond acceptors (Lipinski definition) is 4. The highest BCUT2D eigenvalue weighted by Crippen LogP contribution is 2.60. The SMILES string of the molecule is c1ccc(-c2nc(-c3ccccc3)nc(-c3ccccc3-c3cccc4nc5n(c34)-c3ccccc3C53c4ccccc4-c4ccccc43)n2)cc1. The van der Waals surface area contributed by atoms with E-state index in [0.29, 0.717) is 17.5 Å². The van der Waals surface area contributed by atoms with Crippen molar-refractivity contribution in [2.24, 2.45) is 0 Å². The van der Waals surface area contributed by atoms with Crippen LogP contribution in [-0.2, 0) is 5.41 Å². The summed E-state index contributed by atoms with van der Waals surface area (Å²) in [7, 11) is 0. The van der Waals surface area contributed by atoms with Gasteiger partial charge in [-0.25, -0.2) is 19.9 Å². The van der Waals surface area contributed by atoms with Crippen LogP contribution in [0.2, 0.25) is 0 Å². The van der Waals surface area contributed by atoms with Crippen LogP contribution in [0.25, 0.3) is 73.1 Å². The number of nitrogens with zero attached hydrogens (tertiary/aromatic N) is 5. The van der Waals surface area contributed by atoms with Gasteiger partial charge in [-0.2, -0.15) is 0 Å². The zero-order valence-electron chi connectivity index (χ0n) is 28.0. The van der Waals surface area contributed by atoms with Gasteiger partial charge in [0.05, 0.1) is 16.7 Å². The highest BCUT2D eigenvalue weighted by Gasteiger charge is 2.54. The zero-order chi connectivity index (χ0) is 34.2. The Labute approximate surface area is 300 Å². The fourth-order valence-electron chi connectivity index (χ4n) is 8.54. The van der Waals surface area contributed by atoms with Crippen LogP contribution in [0.5, 0.6) is 0 Å². The molecule has 1 spiro atoms. The van der Waals surface area contributed by atoms with Crippen molar-refractivity contribution < 1.29 is 0 Å². The summed E-state index contributed by atoms with van der Waals surface area (Å²) < 4.78 is 2.41. The first-order valence-corrected chi connectivity index (χ1v) is 17.6. The maximum atomic E-state index is 5.56. The molecule has 0 saturated heterocycles. The normalized spacial score (nSPS) is 13.2. The molecular formula is C47H29N5. The predicted octanol–water partition coefficient (Wildman–Crippen LogP) is 10.6. The standard InChI is InChI=1S/C47H29N5/c1-3-16-30(17-4-1)43-49-44(31-18-5-2-6-19-31)51-45(50-43)36-23-8-7-20-32(36)35-24-15-28-40-42(35)52-41-29-14-13-27-39(41)47(46(52)48-40)37-25-11-9-21-33(37)34-22-10-12-26-38(34)47/h1-29H. The first-order chi connectivity index (χ1) is 25.8. The fraction of sp³-hybridized carbons (Fsp3) is 0.0213. The van der Waals surface area contributed by atoms with E-state index in [1.54, 1.807) is 0 Å². The largest absolute Gasteiger partial charge is 0.294 e. The molecule has 5 heteroatoms. The van der Waals surface area contributed by atoms with Gasteiger partial charge in [0, 0.05) is 22.3 Å². The van der Waals surface area contributed by atoms with Crippen LogP contribution >= 0.6 is 0 Å². The molecule has 3 heterocycles. The van der Waals surface area contributed by atoms with Crippen molar-refractivity contribution >= 4 is 11.0 Å². The van der Waals surface area contributed by atoms with E-state index >= 15 is 0 Å². The lowest BCUT2D eigenvalue weighted by Crippen LogP contribution is -2.27. The van der Waals surface area contributed by atoms with Crippen LogP contribution in [0.3, 0.4) is 0 Å². The molecule has 52 heavy (non-hydrogen) atoms. The van der Waals surface area contributed by atoms with Crippen LogP contribution in [0.1, 0.15) is 22.5 Å². The third-order valence-electron chi connectivity index (χ3n) is 10.7. The minimum Gasteiger partial charge on any atom is -0.294 e. The van der Waals surface area contributed by atoms with E-state index in [4.69, 9.17) is 19.9 Å². The minimum atomic E-state index is -0.539. The van der Waals surface area contributed by atoms with Crippen molar-refractivity contribution in [1.82, 2.24) is 24.5 Å². The Bertz CT molecular complexity index is 2750. The molecule has 7 aromatic carbocycles. The van der Waals surface area contributed by atoms with Crippen molar-refractivity contribution in [2.75, 3.05) is 0 Å². The summed E-state index contributed by atoms with van der Waals surface area (Å²) >= 11 is 0. The van der Waals surface area contributed by atoms with Gasteiger partial charge in [0.1, 0.15) is 11.2 Å². The number of aromatic nitrogens is 5. The van der Waals surface area contributed by atoms with Crippen molar-refractivity contribution in [3.63, 3.8) is 0 Å². The van der Waals surface area contributed by atoms with E-state index in [2.05, 4.69) is 120 Å². The summed E-state index contributed by atoms with van der Waals surface area (Å²) in [5, 5.41) is 0. The summed E-state index contributed by atoms with van der Waals surface area (Å²) in [6.07, 6.45) is 0. The van der Waals surface area contributed by atoms with Crippen molar-refractivity contribution in [3.8, 4) is 62.1 Å². The molecule has 0 amide bonds. The van der Waals surface area contributed by atoms with Gasteiger partial charge in [-0.05, 0) is 45.5 Å². The third-order valence-corrected chi connectivity index (χ3v) is 10.7. The summed E-state index contributed by atoms with van der Waals surface area (Å²) in [5.41, 5.74) is 13.8. The molecule has 0 saturated carbocycles. The van der Waals surface area contributed by atoms with Crippen LogP contribution in [0, 0.1) is 0 Å². The number of para-hydroxylation sites is 2. The van der Waals surface area contributed by atoms with E-state index in [-0.39, 0.29) is 0 Å². The number of fused-ring (bicyclic) bond motifs is 12. The fourth-order valence-corrected chi connectivity index (χ4v) is 8.54. The lowest BCUT2D eigenvalue weighted by atomic mass is 9.73. The zero-order valence-corrected chi connectivity index (χ0v) is 28.0. The summed E-state index contributed by atoms with van der Waals surface area (Å²) in [6, 6.07) is 61.6. The second-order valence-electron chi connectivity index (χ2n) is 13.4. The monoisotopic (exact) mass is 663 g/mol. The van der Waals surface area contributed by atoms with E-state index in [9.17, 15) is 0 Å². The molecule has 1 aliphatic heterocycles. The second kappa shape index (κ2) is 11.0. The Morgan fingerprint density at radius 3 is 1.46 bits per heavy atom. The molecule has 0 atom stereocenters. The predicted molar refractivity (Wildman–Crippen MR) is 207 cm³/mol. The molecule has 0 radical (unpaired) electrons. The Hall–Kier alpha value is -6.98. The van der Waals surface area contributed by atoms with Gasteiger partial charge >= 0.3 is 0 Å². The van der Waals surface area contributed by atoms with Crippen molar-refractivity contribution in [2.45, 2.75) is 5.41 Å². The van der Waals surface area contributed by atoms with E-state index in [0.717, 1.165) is 50.4 Å². The average Bonchev–Trinajstić information content (AvgIpc) is 3.85. The van der Waals surface area contributed by atoms with Gasteiger partial charge in [-0.3, -0.25) is 4.57 Å². The van der Waals surface area contributed by atoms with Gasteiger partial charge in [0.2, 0.25) is 0 Å². The maximum Gasteiger partial charge on any atom is 0.164 e. The Balaban J connectivity index is 1.19. The van der Waals surface area contributed by atoms with Crippen LogP contribution in [0.15, 0.2) is 176 Å². The summed E-state index contributed by atoms with van der Waals surface area (Å²) in [5.74, 6) is 2.91. The molecule has 0 fully saturated rings. The average molecular weight is 664 g/mol. The Morgan fingerprint density at radius 2 is 0.827 bits per heavy atom. The number of imidazole rings is 1. The molecule has 5 nitrogen and oxygen atoms in total. The number of benzene rings is 7. The van der Waals surface area contributed by atoms with E-state index < -0.39 is 5.41 Å². The highest BCUT2D eigenvalue weighted by molar-refractivity contribution is 6.00. The Kier molecular flexibility index (Phi) is 6.10. The molecule has 9 aromatic rings. The quantitative estimate of drug-likeness (QED) is 0.188. The Morgan fingerprint density at radius 1 is 0.346 bits per heavy atom. The number of hydrogen-bond donors (Lipinski definition) is 0. The van der Waals surface area contributed by atoms with Crippen molar-refractivity contribution in [3.05, 3.63) is 198 Å². The second-order valence-corrected chi connectivity index (χ2v) is 13.4. The third kappa shape index (κ3) is 3.93. The molecular weight excluding hydrogens is 635 g/mol. The molecule has 2 aromatic heterocycles. The molecule has 0 unspecified atom stereocenters. The van der Waals surface area contributed by atoms with Gasteiger partial charge in [-0.1, -0.05) is 164 Å². The molecule has 1 aliphatic carbocycles. The first kappa shape index (κ1) is 28.8. The lowest BCUT2D eigenvalue weighted by Gasteiger charge is -2.27. The highest BCUT2D eigenvalue weighted by atomic mass is 15.1. The smallest absolute Gasteiger partial charge is 0.164 e. The summed E-state index contributed by atoms with van der Waals surface area (Å²) in [6.45, 7) is 0. The lowest BCUT2D eigenvalue weighted by molar-refractivity contribution is 0.738. The minimum absolute atomic E-state index is 0.539. The van der Waals surface area contributed by atoms with Crippen LogP contribution in [-0.4, -0.2) is 24.5 Å². The molecule has 0 N–H and O–H groups in total. The van der Waals surface area contributed by atoms with Crippen LogP contribution < -0.4 is 0 Å². The van der Waals surface area contributed by atoms with Gasteiger partial charge < -0.3 is 0 Å². The molecule has 0 bridgehead atoms. The van der Waals surface area contributed by atoms with Gasteiger partial charge in [-0.15, -0.1) is 0 Å². The summed E-state index contributed by atoms with van der Waals surface area (Å²) in [4.78, 5) is 20.8. The maximum absolute atomic E-state index is 5.56. The van der Waals surface area contributed by atoms with Crippen molar-refractivity contribution in [1.29, 1.82) is 0 Å². The van der Waals surface area contributed by atoms with Gasteiger partial charge in [0.15, 0.2) is 17.5 Å². The van der Waals surface area contributed by atoms with Crippen LogP contribution in [0.4, 0.5) is 0 Å². The first-order valence-electron chi connectivity index (χ1n) is 17.6. The van der Waals surface area contributed by atoms with Gasteiger partial charge in [0.25, 0.3) is 0 Å². The molecule has 2 aliphatic rings.